The smallest absolute Gasteiger partial charge is 0.324 e. The lowest BCUT2D eigenvalue weighted by atomic mass is 10.2. The maximum Gasteiger partial charge on any atom is 0.324 e. The monoisotopic (exact) mass is 303 g/mol. The quantitative estimate of drug-likeness (QED) is 0.643. The Bertz CT molecular complexity index is 606. The first kappa shape index (κ1) is 14.0. The van der Waals surface area contributed by atoms with E-state index in [1.165, 1.54) is 17.0 Å². The molecule has 0 unspecified atom stereocenters. The Balaban J connectivity index is 1.55. The fourth-order valence-electron chi connectivity index (χ4n) is 2.57. The van der Waals surface area contributed by atoms with E-state index >= 15 is 0 Å². The molecule has 21 heavy (non-hydrogen) atoms. The van der Waals surface area contributed by atoms with E-state index in [0.717, 1.165) is 37.6 Å². The van der Waals surface area contributed by atoms with Crippen LogP contribution in [-0.4, -0.2) is 36.0 Å². The molecule has 3 rings (SSSR count). The standard InChI is InChI=1S/C15H17N3O2S/c19-18(20)15-7-6-14(21-15)12-16-8-10-17(11-9-16)13-4-2-1-3-5-13/h1-7H,8-12H2. The first-order valence-electron chi connectivity index (χ1n) is 6.98. The van der Waals surface area contributed by atoms with Gasteiger partial charge in [-0.15, -0.1) is 0 Å². The zero-order valence-corrected chi connectivity index (χ0v) is 12.5. The summed E-state index contributed by atoms with van der Waals surface area (Å²) in [5.74, 6) is 0. The lowest BCUT2D eigenvalue weighted by Gasteiger charge is -2.35. The van der Waals surface area contributed by atoms with E-state index in [0.29, 0.717) is 0 Å². The molecule has 110 valence electrons. The van der Waals surface area contributed by atoms with Crippen molar-refractivity contribution in [2.24, 2.45) is 0 Å². The third-order valence-corrected chi connectivity index (χ3v) is 4.72. The predicted octanol–water partition coefficient (Wildman–Crippen LogP) is 2.98. The summed E-state index contributed by atoms with van der Waals surface area (Å²) in [6.07, 6.45) is 0. The molecule has 1 aromatic heterocycles. The largest absolute Gasteiger partial charge is 0.369 e. The van der Waals surface area contributed by atoms with Crippen LogP contribution in [-0.2, 0) is 6.54 Å². The predicted molar refractivity (Wildman–Crippen MR) is 84.9 cm³/mol. The average Bonchev–Trinajstić information content (AvgIpc) is 2.98. The van der Waals surface area contributed by atoms with Gasteiger partial charge in [-0.25, -0.2) is 0 Å². The number of anilines is 1. The zero-order valence-electron chi connectivity index (χ0n) is 11.6. The van der Waals surface area contributed by atoms with E-state index in [2.05, 4.69) is 34.1 Å². The number of rotatable bonds is 4. The van der Waals surface area contributed by atoms with Crippen LogP contribution in [0.1, 0.15) is 4.88 Å². The van der Waals surface area contributed by atoms with Gasteiger partial charge < -0.3 is 4.90 Å². The summed E-state index contributed by atoms with van der Waals surface area (Å²) in [6, 6.07) is 13.9. The van der Waals surface area contributed by atoms with E-state index in [4.69, 9.17) is 0 Å². The Morgan fingerprint density at radius 3 is 2.38 bits per heavy atom. The number of nitrogens with zero attached hydrogens (tertiary/aromatic N) is 3. The van der Waals surface area contributed by atoms with Crippen LogP contribution in [0.25, 0.3) is 0 Å². The highest BCUT2D eigenvalue weighted by molar-refractivity contribution is 7.15. The molecular formula is C15H17N3O2S. The SMILES string of the molecule is O=[N+]([O-])c1ccc(CN2CCN(c3ccccc3)CC2)s1. The highest BCUT2D eigenvalue weighted by Gasteiger charge is 2.18. The van der Waals surface area contributed by atoms with Crippen LogP contribution in [0.15, 0.2) is 42.5 Å². The Morgan fingerprint density at radius 1 is 1.05 bits per heavy atom. The maximum atomic E-state index is 10.7. The van der Waals surface area contributed by atoms with Gasteiger partial charge in [-0.3, -0.25) is 15.0 Å². The van der Waals surface area contributed by atoms with Crippen molar-refractivity contribution in [2.75, 3.05) is 31.1 Å². The number of thiophene rings is 1. The number of benzene rings is 1. The normalized spacial score (nSPS) is 16.1. The number of hydrogen-bond donors (Lipinski definition) is 0. The molecule has 1 aromatic carbocycles. The number of para-hydroxylation sites is 1. The second kappa shape index (κ2) is 6.24. The molecule has 0 atom stereocenters. The van der Waals surface area contributed by atoms with E-state index < -0.39 is 0 Å². The van der Waals surface area contributed by atoms with Crippen LogP contribution in [0.4, 0.5) is 10.7 Å². The molecule has 6 heteroatoms. The fraction of sp³-hybridized carbons (Fsp3) is 0.333. The summed E-state index contributed by atoms with van der Waals surface area (Å²) in [4.78, 5) is 16.2. The molecule has 2 heterocycles. The van der Waals surface area contributed by atoms with Crippen LogP contribution < -0.4 is 4.90 Å². The fourth-order valence-corrected chi connectivity index (χ4v) is 3.44. The molecule has 0 bridgehead atoms. The molecule has 0 N–H and O–H groups in total. The van der Waals surface area contributed by atoms with Gasteiger partial charge in [0.05, 0.1) is 4.92 Å². The average molecular weight is 303 g/mol. The lowest BCUT2D eigenvalue weighted by Crippen LogP contribution is -2.45. The summed E-state index contributed by atoms with van der Waals surface area (Å²) < 4.78 is 0. The van der Waals surface area contributed by atoms with Crippen LogP contribution in [0.2, 0.25) is 0 Å². The van der Waals surface area contributed by atoms with Crippen molar-refractivity contribution in [2.45, 2.75) is 6.54 Å². The topological polar surface area (TPSA) is 49.6 Å². The van der Waals surface area contributed by atoms with E-state index in [-0.39, 0.29) is 9.92 Å². The molecule has 0 spiro atoms. The third kappa shape index (κ3) is 3.40. The summed E-state index contributed by atoms with van der Waals surface area (Å²) in [5.41, 5.74) is 1.27. The molecule has 1 aliphatic heterocycles. The summed E-state index contributed by atoms with van der Waals surface area (Å²) in [7, 11) is 0. The van der Waals surface area contributed by atoms with Crippen molar-refractivity contribution < 1.29 is 4.92 Å². The molecule has 1 fully saturated rings. The van der Waals surface area contributed by atoms with E-state index in [1.807, 2.05) is 12.1 Å². The Hall–Kier alpha value is -1.92. The summed E-state index contributed by atoms with van der Waals surface area (Å²) >= 11 is 1.28. The van der Waals surface area contributed by atoms with Crippen molar-refractivity contribution in [3.05, 3.63) is 57.5 Å². The minimum atomic E-state index is -0.318. The van der Waals surface area contributed by atoms with Gasteiger partial charge in [0.2, 0.25) is 0 Å². The van der Waals surface area contributed by atoms with Crippen molar-refractivity contribution in [3.8, 4) is 0 Å². The lowest BCUT2D eigenvalue weighted by molar-refractivity contribution is -0.380. The Labute approximate surface area is 127 Å². The molecule has 0 saturated carbocycles. The van der Waals surface area contributed by atoms with E-state index in [1.54, 1.807) is 6.07 Å². The van der Waals surface area contributed by atoms with Crippen molar-refractivity contribution >= 4 is 22.0 Å². The van der Waals surface area contributed by atoms with Gasteiger partial charge in [0.15, 0.2) is 0 Å². The van der Waals surface area contributed by atoms with Crippen molar-refractivity contribution in [3.63, 3.8) is 0 Å². The molecule has 2 aromatic rings. The third-order valence-electron chi connectivity index (χ3n) is 3.70. The minimum Gasteiger partial charge on any atom is -0.369 e. The van der Waals surface area contributed by atoms with Crippen LogP contribution in [0, 0.1) is 10.1 Å². The minimum absolute atomic E-state index is 0.230. The first-order valence-corrected chi connectivity index (χ1v) is 7.79. The van der Waals surface area contributed by atoms with Gasteiger partial charge >= 0.3 is 5.00 Å². The van der Waals surface area contributed by atoms with Gasteiger partial charge in [-0.2, -0.15) is 0 Å². The summed E-state index contributed by atoms with van der Waals surface area (Å²) in [6.45, 7) is 4.78. The molecule has 5 nitrogen and oxygen atoms in total. The Morgan fingerprint density at radius 2 is 1.76 bits per heavy atom. The molecule has 0 aliphatic carbocycles. The van der Waals surface area contributed by atoms with Gasteiger partial charge in [0, 0.05) is 49.4 Å². The second-order valence-electron chi connectivity index (χ2n) is 5.10. The van der Waals surface area contributed by atoms with Crippen LogP contribution in [0.5, 0.6) is 0 Å². The Kier molecular flexibility index (Phi) is 4.17. The van der Waals surface area contributed by atoms with Crippen LogP contribution in [0.3, 0.4) is 0 Å². The highest BCUT2D eigenvalue weighted by atomic mass is 32.1. The van der Waals surface area contributed by atoms with Crippen LogP contribution >= 0.6 is 11.3 Å². The molecule has 0 radical (unpaired) electrons. The summed E-state index contributed by atoms with van der Waals surface area (Å²) in [5, 5.41) is 10.9. The second-order valence-corrected chi connectivity index (χ2v) is 6.24. The highest BCUT2D eigenvalue weighted by Crippen LogP contribution is 2.25. The molecule has 0 amide bonds. The van der Waals surface area contributed by atoms with Crippen molar-refractivity contribution in [1.29, 1.82) is 0 Å². The van der Waals surface area contributed by atoms with Gasteiger partial charge in [0.1, 0.15) is 0 Å². The number of piperazine rings is 1. The van der Waals surface area contributed by atoms with Gasteiger partial charge in [0.25, 0.3) is 0 Å². The molecule has 1 saturated heterocycles. The van der Waals surface area contributed by atoms with E-state index in [9.17, 15) is 10.1 Å². The maximum absolute atomic E-state index is 10.7. The molecule has 1 aliphatic rings. The van der Waals surface area contributed by atoms with Crippen molar-refractivity contribution in [1.82, 2.24) is 4.90 Å². The number of hydrogen-bond acceptors (Lipinski definition) is 5. The van der Waals surface area contributed by atoms with Gasteiger partial charge in [-0.1, -0.05) is 29.5 Å². The molecular weight excluding hydrogens is 286 g/mol. The van der Waals surface area contributed by atoms with Gasteiger partial charge in [-0.05, 0) is 18.2 Å². The number of nitro groups is 1. The first-order chi connectivity index (χ1) is 10.2. The zero-order chi connectivity index (χ0) is 14.7.